The second-order valence-electron chi connectivity index (χ2n) is 6.89. The molecular formula is C20H24N6O. The van der Waals surface area contributed by atoms with Crippen molar-refractivity contribution in [1.29, 1.82) is 0 Å². The first-order valence-electron chi connectivity index (χ1n) is 9.40. The minimum atomic E-state index is -0.281. The Hall–Kier alpha value is -3.09. The van der Waals surface area contributed by atoms with E-state index in [1.165, 1.54) is 18.5 Å². The lowest BCUT2D eigenvalue weighted by molar-refractivity contribution is -0.118. The number of aryl methyl sites for hydroxylation is 1. The molecule has 0 atom stereocenters. The third-order valence-electron chi connectivity index (χ3n) is 4.95. The number of carbonyl (C=O) groups excluding carboxylic acids is 1. The second kappa shape index (κ2) is 7.65. The normalized spacial score (nSPS) is 14.0. The van der Waals surface area contributed by atoms with Gasteiger partial charge in [0.05, 0.1) is 11.9 Å². The van der Waals surface area contributed by atoms with E-state index in [0.29, 0.717) is 19.4 Å². The van der Waals surface area contributed by atoms with Crippen molar-refractivity contribution in [3.63, 3.8) is 0 Å². The Bertz CT molecular complexity index is 905. The summed E-state index contributed by atoms with van der Waals surface area (Å²) in [5.41, 5.74) is 8.49. The number of benzene rings is 1. The van der Waals surface area contributed by atoms with E-state index in [4.69, 9.17) is 5.73 Å². The average molecular weight is 364 g/mol. The predicted octanol–water partition coefficient (Wildman–Crippen LogP) is 2.60. The highest BCUT2D eigenvalue weighted by molar-refractivity contribution is 5.73. The van der Waals surface area contributed by atoms with Gasteiger partial charge in [-0.3, -0.25) is 14.0 Å². The first kappa shape index (κ1) is 17.3. The molecule has 1 amide bonds. The third-order valence-corrected chi connectivity index (χ3v) is 4.95. The molecule has 1 aromatic carbocycles. The van der Waals surface area contributed by atoms with E-state index in [1.54, 1.807) is 6.20 Å². The molecule has 0 spiro atoms. The number of primary amides is 1. The molecule has 0 saturated carbocycles. The van der Waals surface area contributed by atoms with E-state index < -0.39 is 0 Å². The smallest absolute Gasteiger partial charge is 0.217 e. The zero-order valence-corrected chi connectivity index (χ0v) is 15.3. The summed E-state index contributed by atoms with van der Waals surface area (Å²) in [4.78, 5) is 17.8. The summed E-state index contributed by atoms with van der Waals surface area (Å²) in [5, 5.41) is 4.38. The van der Waals surface area contributed by atoms with E-state index in [-0.39, 0.29) is 5.91 Å². The maximum Gasteiger partial charge on any atom is 0.217 e. The van der Waals surface area contributed by atoms with Gasteiger partial charge < -0.3 is 10.6 Å². The Morgan fingerprint density at radius 1 is 1.11 bits per heavy atom. The number of imidazole rings is 1. The highest BCUT2D eigenvalue weighted by atomic mass is 16.1. The number of hydrogen-bond acceptors (Lipinski definition) is 4. The van der Waals surface area contributed by atoms with Gasteiger partial charge in [0.2, 0.25) is 5.91 Å². The van der Waals surface area contributed by atoms with Crippen LogP contribution >= 0.6 is 0 Å². The first-order chi connectivity index (χ1) is 13.2. The standard InChI is InChI=1S/C20H24N6O/c21-19(27)4-3-12-25-15-18(14-23-25)26-13-9-22-20(26)16-5-7-17(8-6-16)24-10-1-2-11-24/h5-9,13-15H,1-4,10-12H2,(H2,21,27). The van der Waals surface area contributed by atoms with Crippen molar-refractivity contribution in [2.24, 2.45) is 5.73 Å². The van der Waals surface area contributed by atoms with Gasteiger partial charge >= 0.3 is 0 Å². The number of rotatable bonds is 7. The Morgan fingerprint density at radius 2 is 1.89 bits per heavy atom. The molecule has 2 N–H and O–H groups in total. The molecular weight excluding hydrogens is 340 g/mol. The van der Waals surface area contributed by atoms with Crippen molar-refractivity contribution >= 4 is 11.6 Å². The number of nitrogens with two attached hydrogens (primary N) is 1. The van der Waals surface area contributed by atoms with Crippen LogP contribution < -0.4 is 10.6 Å². The van der Waals surface area contributed by atoms with Gasteiger partial charge in [-0.2, -0.15) is 5.10 Å². The van der Waals surface area contributed by atoms with Gasteiger partial charge in [0.15, 0.2) is 0 Å². The van der Waals surface area contributed by atoms with Crippen molar-refractivity contribution in [1.82, 2.24) is 19.3 Å². The summed E-state index contributed by atoms with van der Waals surface area (Å²) in [6.45, 7) is 2.95. The van der Waals surface area contributed by atoms with Crippen LogP contribution in [0.5, 0.6) is 0 Å². The first-order valence-corrected chi connectivity index (χ1v) is 9.40. The van der Waals surface area contributed by atoms with Crippen molar-refractivity contribution in [3.05, 3.63) is 49.1 Å². The van der Waals surface area contributed by atoms with E-state index >= 15 is 0 Å². The quantitative estimate of drug-likeness (QED) is 0.699. The van der Waals surface area contributed by atoms with Crippen molar-refractivity contribution in [2.75, 3.05) is 18.0 Å². The van der Waals surface area contributed by atoms with Gasteiger partial charge in [0, 0.05) is 55.9 Å². The van der Waals surface area contributed by atoms with Gasteiger partial charge in [-0.25, -0.2) is 4.98 Å². The molecule has 0 radical (unpaired) electrons. The van der Waals surface area contributed by atoms with Gasteiger partial charge in [0.25, 0.3) is 0 Å². The van der Waals surface area contributed by atoms with Crippen LogP contribution in [0.3, 0.4) is 0 Å². The topological polar surface area (TPSA) is 82.0 Å². The molecule has 0 aliphatic carbocycles. The maximum absolute atomic E-state index is 10.9. The summed E-state index contributed by atoms with van der Waals surface area (Å²) >= 11 is 0. The Morgan fingerprint density at radius 3 is 2.63 bits per heavy atom. The van der Waals surface area contributed by atoms with E-state index in [0.717, 1.165) is 30.2 Å². The Labute approximate surface area is 158 Å². The van der Waals surface area contributed by atoms with Crippen LogP contribution in [0.1, 0.15) is 25.7 Å². The molecule has 2 aromatic heterocycles. The van der Waals surface area contributed by atoms with Crippen LogP contribution in [0.15, 0.2) is 49.1 Å². The lowest BCUT2D eigenvalue weighted by atomic mass is 10.2. The number of anilines is 1. The van der Waals surface area contributed by atoms with Crippen LogP contribution in [-0.4, -0.2) is 38.3 Å². The van der Waals surface area contributed by atoms with Crippen molar-refractivity contribution in [3.8, 4) is 17.1 Å². The molecule has 0 unspecified atom stereocenters. The molecule has 140 valence electrons. The lowest BCUT2D eigenvalue weighted by Crippen LogP contribution is -2.17. The number of aromatic nitrogens is 4. The fourth-order valence-electron chi connectivity index (χ4n) is 3.54. The molecule has 3 heterocycles. The van der Waals surface area contributed by atoms with Crippen LogP contribution in [-0.2, 0) is 11.3 Å². The molecule has 7 heteroatoms. The van der Waals surface area contributed by atoms with Crippen molar-refractivity contribution in [2.45, 2.75) is 32.2 Å². The Kier molecular flexibility index (Phi) is 4.91. The molecule has 1 aliphatic heterocycles. The van der Waals surface area contributed by atoms with Crippen LogP contribution in [0, 0.1) is 0 Å². The van der Waals surface area contributed by atoms with Gasteiger partial charge in [-0.1, -0.05) is 0 Å². The van der Waals surface area contributed by atoms with E-state index in [9.17, 15) is 4.79 Å². The van der Waals surface area contributed by atoms with Crippen LogP contribution in [0.25, 0.3) is 17.1 Å². The highest BCUT2D eigenvalue weighted by Gasteiger charge is 2.14. The number of nitrogens with zero attached hydrogens (tertiary/aromatic N) is 5. The number of amides is 1. The third kappa shape index (κ3) is 3.86. The summed E-state index contributed by atoms with van der Waals surface area (Å²) in [7, 11) is 0. The fraction of sp³-hybridized carbons (Fsp3) is 0.350. The molecule has 27 heavy (non-hydrogen) atoms. The summed E-state index contributed by atoms with van der Waals surface area (Å²) in [5.74, 6) is 0.608. The van der Waals surface area contributed by atoms with Gasteiger partial charge in [-0.15, -0.1) is 0 Å². The van der Waals surface area contributed by atoms with E-state index in [1.807, 2.05) is 27.8 Å². The highest BCUT2D eigenvalue weighted by Crippen LogP contribution is 2.26. The lowest BCUT2D eigenvalue weighted by Gasteiger charge is -2.17. The number of hydrogen-bond donors (Lipinski definition) is 1. The zero-order chi connectivity index (χ0) is 18.6. The monoisotopic (exact) mass is 364 g/mol. The fourth-order valence-corrected chi connectivity index (χ4v) is 3.54. The summed E-state index contributed by atoms with van der Waals surface area (Å²) in [6.07, 6.45) is 11.1. The molecule has 7 nitrogen and oxygen atoms in total. The average Bonchev–Trinajstić information content (AvgIpc) is 3.42. The summed E-state index contributed by atoms with van der Waals surface area (Å²) in [6, 6.07) is 8.60. The van der Waals surface area contributed by atoms with Gasteiger partial charge in [-0.05, 0) is 43.5 Å². The minimum Gasteiger partial charge on any atom is -0.372 e. The van der Waals surface area contributed by atoms with Gasteiger partial charge in [0.1, 0.15) is 5.82 Å². The van der Waals surface area contributed by atoms with Crippen LogP contribution in [0.4, 0.5) is 5.69 Å². The molecule has 1 saturated heterocycles. The molecule has 3 aromatic rings. The number of carbonyl (C=O) groups is 1. The van der Waals surface area contributed by atoms with E-state index in [2.05, 4.69) is 39.2 Å². The summed E-state index contributed by atoms with van der Waals surface area (Å²) < 4.78 is 3.86. The second-order valence-corrected chi connectivity index (χ2v) is 6.89. The van der Waals surface area contributed by atoms with Crippen LogP contribution in [0.2, 0.25) is 0 Å². The minimum absolute atomic E-state index is 0.281. The maximum atomic E-state index is 10.9. The Balaban J connectivity index is 1.51. The molecule has 0 bridgehead atoms. The molecule has 1 fully saturated rings. The largest absolute Gasteiger partial charge is 0.372 e. The zero-order valence-electron chi connectivity index (χ0n) is 15.3. The SMILES string of the molecule is NC(=O)CCCn1cc(-n2ccnc2-c2ccc(N3CCCC3)cc2)cn1. The molecule has 1 aliphatic rings. The van der Waals surface area contributed by atoms with Crippen molar-refractivity contribution < 1.29 is 4.79 Å². The molecule has 4 rings (SSSR count). The predicted molar refractivity (Wildman–Crippen MR) is 105 cm³/mol.